The zero-order valence-electron chi connectivity index (χ0n) is 11.9. The summed E-state index contributed by atoms with van der Waals surface area (Å²) in [6.45, 7) is 9.62. The normalized spacial score (nSPS) is 13.3. The molecule has 18 heavy (non-hydrogen) atoms. The van der Waals surface area contributed by atoms with Gasteiger partial charge in [0.15, 0.2) is 0 Å². The molecule has 0 radical (unpaired) electrons. The van der Waals surface area contributed by atoms with Crippen molar-refractivity contribution in [2.75, 3.05) is 20.1 Å². The van der Waals surface area contributed by atoms with E-state index in [-0.39, 0.29) is 0 Å². The van der Waals surface area contributed by atoms with Crippen LogP contribution in [0.3, 0.4) is 0 Å². The summed E-state index contributed by atoms with van der Waals surface area (Å²) in [6.07, 6.45) is 0. The first-order valence-electron chi connectivity index (χ1n) is 6.70. The molecule has 3 heteroatoms. The molecule has 1 N–H and O–H groups in total. The van der Waals surface area contributed by atoms with Gasteiger partial charge < -0.3 is 5.32 Å². The van der Waals surface area contributed by atoms with Gasteiger partial charge in [0.05, 0.1) is 0 Å². The fourth-order valence-corrected chi connectivity index (χ4v) is 2.40. The number of hydrogen-bond donors (Lipinski definition) is 1. The minimum absolute atomic E-state index is 0.529. The Labute approximate surface area is 116 Å². The summed E-state index contributed by atoms with van der Waals surface area (Å²) >= 11 is 6.21. The molecule has 0 fully saturated rings. The molecule has 0 aliphatic rings. The van der Waals surface area contributed by atoms with Crippen molar-refractivity contribution in [1.29, 1.82) is 0 Å². The van der Waals surface area contributed by atoms with Gasteiger partial charge in [-0.15, -0.1) is 0 Å². The van der Waals surface area contributed by atoms with Gasteiger partial charge >= 0.3 is 0 Å². The number of halogens is 1. The first kappa shape index (κ1) is 15.5. The molecule has 0 spiro atoms. The maximum absolute atomic E-state index is 6.21. The fraction of sp³-hybridized carbons (Fsp3) is 0.600. The lowest BCUT2D eigenvalue weighted by molar-refractivity contribution is 0.180. The molecular weight excluding hydrogens is 244 g/mol. The number of nitrogens with one attached hydrogen (secondary N) is 1. The van der Waals surface area contributed by atoms with Crippen molar-refractivity contribution in [2.45, 2.75) is 33.4 Å². The average Bonchev–Trinajstić information content (AvgIpc) is 2.32. The van der Waals surface area contributed by atoms with Crippen LogP contribution in [0, 0.1) is 5.92 Å². The molecule has 1 unspecified atom stereocenters. The SMILES string of the molecule is CCNCC(C(C)C)N(C)Cc1ccccc1Cl. The quantitative estimate of drug-likeness (QED) is 0.815. The van der Waals surface area contributed by atoms with Crippen LogP contribution in [0.1, 0.15) is 26.3 Å². The van der Waals surface area contributed by atoms with Crippen molar-refractivity contribution < 1.29 is 0 Å². The van der Waals surface area contributed by atoms with Gasteiger partial charge in [0.1, 0.15) is 0 Å². The molecule has 0 bridgehead atoms. The molecule has 1 aromatic rings. The topological polar surface area (TPSA) is 15.3 Å². The van der Waals surface area contributed by atoms with Crippen LogP contribution >= 0.6 is 11.6 Å². The van der Waals surface area contributed by atoms with E-state index in [0.29, 0.717) is 12.0 Å². The summed E-state index contributed by atoms with van der Waals surface area (Å²) in [6, 6.07) is 8.61. The van der Waals surface area contributed by atoms with E-state index < -0.39 is 0 Å². The maximum Gasteiger partial charge on any atom is 0.0451 e. The van der Waals surface area contributed by atoms with E-state index in [2.05, 4.69) is 44.1 Å². The van der Waals surface area contributed by atoms with Gasteiger partial charge in [-0.05, 0) is 31.1 Å². The molecule has 1 atom stereocenters. The highest BCUT2D eigenvalue weighted by Crippen LogP contribution is 2.19. The second kappa shape index (κ2) is 7.78. The Morgan fingerprint density at radius 3 is 2.50 bits per heavy atom. The van der Waals surface area contributed by atoms with Crippen LogP contribution in [0.15, 0.2) is 24.3 Å². The zero-order valence-corrected chi connectivity index (χ0v) is 12.7. The summed E-state index contributed by atoms with van der Waals surface area (Å²) in [5.74, 6) is 0.622. The molecule has 1 rings (SSSR count). The molecule has 0 amide bonds. The average molecular weight is 269 g/mol. The number of benzene rings is 1. The van der Waals surface area contributed by atoms with E-state index in [1.165, 1.54) is 5.56 Å². The van der Waals surface area contributed by atoms with Crippen LogP contribution in [-0.2, 0) is 6.54 Å². The summed E-state index contributed by atoms with van der Waals surface area (Å²) < 4.78 is 0. The van der Waals surface area contributed by atoms with Crippen LogP contribution < -0.4 is 5.32 Å². The summed E-state index contributed by atoms with van der Waals surface area (Å²) in [5, 5.41) is 4.29. The molecule has 102 valence electrons. The molecule has 0 aromatic heterocycles. The Kier molecular flexibility index (Phi) is 6.69. The van der Waals surface area contributed by atoms with E-state index in [9.17, 15) is 0 Å². The largest absolute Gasteiger partial charge is 0.315 e. The maximum atomic E-state index is 6.21. The van der Waals surface area contributed by atoms with Crippen molar-refractivity contribution in [2.24, 2.45) is 5.92 Å². The Morgan fingerprint density at radius 1 is 1.28 bits per heavy atom. The van der Waals surface area contributed by atoms with Crippen LogP contribution in [0.5, 0.6) is 0 Å². The van der Waals surface area contributed by atoms with E-state index in [1.807, 2.05) is 18.2 Å². The van der Waals surface area contributed by atoms with Crippen LogP contribution in [0.2, 0.25) is 5.02 Å². The number of rotatable bonds is 7. The van der Waals surface area contributed by atoms with Crippen molar-refractivity contribution in [1.82, 2.24) is 10.2 Å². The first-order chi connectivity index (χ1) is 8.56. The van der Waals surface area contributed by atoms with Gasteiger partial charge in [0.25, 0.3) is 0 Å². The monoisotopic (exact) mass is 268 g/mol. The summed E-state index contributed by atoms with van der Waals surface area (Å²) in [4.78, 5) is 2.38. The molecule has 0 heterocycles. The highest BCUT2D eigenvalue weighted by Gasteiger charge is 2.18. The van der Waals surface area contributed by atoms with E-state index in [4.69, 9.17) is 11.6 Å². The van der Waals surface area contributed by atoms with Gasteiger partial charge in [-0.2, -0.15) is 0 Å². The molecule has 1 aromatic carbocycles. The molecule has 0 saturated carbocycles. The van der Waals surface area contributed by atoms with Gasteiger partial charge in [-0.25, -0.2) is 0 Å². The van der Waals surface area contributed by atoms with Gasteiger partial charge in [0, 0.05) is 24.2 Å². The molecule has 0 aliphatic heterocycles. The minimum Gasteiger partial charge on any atom is -0.315 e. The Morgan fingerprint density at radius 2 is 1.94 bits per heavy atom. The molecule has 0 aliphatic carbocycles. The van der Waals surface area contributed by atoms with Crippen molar-refractivity contribution >= 4 is 11.6 Å². The third-order valence-electron chi connectivity index (χ3n) is 3.32. The van der Waals surface area contributed by atoms with Crippen LogP contribution in [0.4, 0.5) is 0 Å². The standard InChI is InChI=1S/C15H25ClN2/c1-5-17-10-15(12(2)3)18(4)11-13-8-6-7-9-14(13)16/h6-9,12,15,17H,5,10-11H2,1-4H3. The van der Waals surface area contributed by atoms with Gasteiger partial charge in [0.2, 0.25) is 0 Å². The van der Waals surface area contributed by atoms with E-state index in [0.717, 1.165) is 24.7 Å². The van der Waals surface area contributed by atoms with Crippen LogP contribution in [-0.4, -0.2) is 31.1 Å². The highest BCUT2D eigenvalue weighted by molar-refractivity contribution is 6.31. The van der Waals surface area contributed by atoms with Gasteiger partial charge in [-0.1, -0.05) is 50.6 Å². The second-order valence-corrected chi connectivity index (χ2v) is 5.53. The van der Waals surface area contributed by atoms with Crippen molar-refractivity contribution in [3.05, 3.63) is 34.9 Å². The lowest BCUT2D eigenvalue weighted by Gasteiger charge is -2.31. The molecule has 0 saturated heterocycles. The predicted molar refractivity (Wildman–Crippen MR) is 80.1 cm³/mol. The lowest BCUT2D eigenvalue weighted by Crippen LogP contribution is -2.43. The summed E-state index contributed by atoms with van der Waals surface area (Å²) in [7, 11) is 2.17. The summed E-state index contributed by atoms with van der Waals surface area (Å²) in [5.41, 5.74) is 1.20. The molecule has 2 nitrogen and oxygen atoms in total. The number of hydrogen-bond acceptors (Lipinski definition) is 2. The second-order valence-electron chi connectivity index (χ2n) is 5.13. The Balaban J connectivity index is 2.66. The third kappa shape index (κ3) is 4.60. The van der Waals surface area contributed by atoms with E-state index in [1.54, 1.807) is 0 Å². The Bertz CT molecular complexity index is 352. The van der Waals surface area contributed by atoms with E-state index >= 15 is 0 Å². The smallest absolute Gasteiger partial charge is 0.0451 e. The number of nitrogens with zero attached hydrogens (tertiary/aromatic N) is 1. The first-order valence-corrected chi connectivity index (χ1v) is 7.08. The minimum atomic E-state index is 0.529. The highest BCUT2D eigenvalue weighted by atomic mass is 35.5. The predicted octanol–water partition coefficient (Wildman–Crippen LogP) is 3.41. The van der Waals surface area contributed by atoms with Crippen molar-refractivity contribution in [3.63, 3.8) is 0 Å². The lowest BCUT2D eigenvalue weighted by atomic mass is 10.0. The number of likely N-dealkylation sites (N-methyl/N-ethyl adjacent to an activating group) is 2. The molecular formula is C15H25ClN2. The van der Waals surface area contributed by atoms with Crippen molar-refractivity contribution in [3.8, 4) is 0 Å². The van der Waals surface area contributed by atoms with Crippen LogP contribution in [0.25, 0.3) is 0 Å². The fourth-order valence-electron chi connectivity index (χ4n) is 2.21. The Hall–Kier alpha value is -0.570. The third-order valence-corrected chi connectivity index (χ3v) is 3.69. The zero-order chi connectivity index (χ0) is 13.5. The van der Waals surface area contributed by atoms with Gasteiger partial charge in [-0.3, -0.25) is 4.90 Å².